The molecule has 0 saturated carbocycles. The van der Waals surface area contributed by atoms with Crippen LogP contribution in [-0.4, -0.2) is 35.1 Å². The van der Waals surface area contributed by atoms with Crippen molar-refractivity contribution in [3.63, 3.8) is 0 Å². The molecule has 1 rings (SSSR count). The molecule has 0 aromatic carbocycles. The topological polar surface area (TPSA) is 50.5 Å². The van der Waals surface area contributed by atoms with Crippen molar-refractivity contribution in [2.45, 2.75) is 19.9 Å². The second-order valence-corrected chi connectivity index (χ2v) is 3.92. The van der Waals surface area contributed by atoms with Gasteiger partial charge in [0.05, 0.1) is 12.8 Å². The molecular weight excluding hydrogens is 230 g/mol. The van der Waals surface area contributed by atoms with E-state index in [9.17, 15) is 9.59 Å². The molecule has 0 radical (unpaired) electrons. The van der Waals surface area contributed by atoms with Crippen molar-refractivity contribution in [2.24, 2.45) is 0 Å². The molecule has 0 spiro atoms. The fraction of sp³-hybridized carbons (Fsp3) is 0.455. The average Bonchev–Trinajstić information content (AvgIpc) is 2.77. The number of halogens is 1. The van der Waals surface area contributed by atoms with Crippen LogP contribution in [0.3, 0.4) is 0 Å². The summed E-state index contributed by atoms with van der Waals surface area (Å²) < 4.78 is 4.97. The van der Waals surface area contributed by atoms with Gasteiger partial charge in [0.25, 0.3) is 0 Å². The normalized spacial score (nSPS) is 10.5. The van der Waals surface area contributed by atoms with E-state index in [0.717, 1.165) is 0 Å². The Kier molecular flexibility index (Phi) is 4.55. The Labute approximate surface area is 99.2 Å². The predicted molar refractivity (Wildman–Crippen MR) is 60.6 cm³/mol. The van der Waals surface area contributed by atoms with Crippen molar-refractivity contribution in [3.8, 4) is 0 Å². The van der Waals surface area contributed by atoms with Gasteiger partial charge in [0.15, 0.2) is 5.76 Å². The fourth-order valence-electron chi connectivity index (χ4n) is 1.31. The van der Waals surface area contributed by atoms with Gasteiger partial charge >= 0.3 is 0 Å². The van der Waals surface area contributed by atoms with Gasteiger partial charge in [-0.1, -0.05) is 0 Å². The van der Waals surface area contributed by atoms with E-state index in [-0.39, 0.29) is 35.9 Å². The third kappa shape index (κ3) is 3.10. The minimum atomic E-state index is -0.253. The first-order valence-electron chi connectivity index (χ1n) is 4.98. The molecule has 1 aromatic rings. The van der Waals surface area contributed by atoms with Gasteiger partial charge in [-0.2, -0.15) is 0 Å². The van der Waals surface area contributed by atoms with Gasteiger partial charge in [-0.15, -0.1) is 11.6 Å². The third-order valence-corrected chi connectivity index (χ3v) is 2.40. The highest BCUT2D eigenvalue weighted by atomic mass is 35.5. The smallest absolute Gasteiger partial charge is 0.238 e. The van der Waals surface area contributed by atoms with E-state index < -0.39 is 0 Å². The molecule has 1 amide bonds. The van der Waals surface area contributed by atoms with Crippen LogP contribution >= 0.6 is 11.6 Å². The van der Waals surface area contributed by atoms with Crippen LogP contribution in [0, 0.1) is 0 Å². The number of amides is 1. The summed E-state index contributed by atoms with van der Waals surface area (Å²) in [6.07, 6.45) is 1.43. The number of Topliss-reactive ketones (excluding diaryl/α,β-unsaturated/α-hetero) is 1. The Hall–Kier alpha value is -1.29. The van der Waals surface area contributed by atoms with Crippen LogP contribution in [0.5, 0.6) is 0 Å². The molecule has 0 bridgehead atoms. The van der Waals surface area contributed by atoms with E-state index in [0.29, 0.717) is 0 Å². The molecule has 0 aliphatic carbocycles. The molecule has 0 unspecified atom stereocenters. The van der Waals surface area contributed by atoms with Crippen LogP contribution in [-0.2, 0) is 4.79 Å². The quantitative estimate of drug-likeness (QED) is 0.587. The van der Waals surface area contributed by atoms with Gasteiger partial charge in [0.1, 0.15) is 5.88 Å². The second-order valence-electron chi connectivity index (χ2n) is 3.65. The van der Waals surface area contributed by atoms with Crippen LogP contribution in [0.15, 0.2) is 22.8 Å². The summed E-state index contributed by atoms with van der Waals surface area (Å²) in [6.45, 7) is 3.66. The number of nitrogens with zero attached hydrogens (tertiary/aromatic N) is 1. The van der Waals surface area contributed by atoms with Gasteiger partial charge in [-0.05, 0) is 26.0 Å². The van der Waals surface area contributed by atoms with Crippen LogP contribution in [0.1, 0.15) is 24.4 Å². The van der Waals surface area contributed by atoms with Crippen molar-refractivity contribution in [1.82, 2.24) is 4.90 Å². The molecule has 0 N–H and O–H groups in total. The van der Waals surface area contributed by atoms with Crippen molar-refractivity contribution in [3.05, 3.63) is 24.2 Å². The molecule has 4 nitrogen and oxygen atoms in total. The van der Waals surface area contributed by atoms with E-state index in [2.05, 4.69) is 0 Å². The van der Waals surface area contributed by atoms with Crippen molar-refractivity contribution < 1.29 is 14.0 Å². The Balaban J connectivity index is 2.69. The molecule has 1 aromatic heterocycles. The molecule has 88 valence electrons. The summed E-state index contributed by atoms with van der Waals surface area (Å²) in [6, 6.07) is 3.15. The summed E-state index contributed by atoms with van der Waals surface area (Å²) in [4.78, 5) is 24.6. The maximum absolute atomic E-state index is 11.7. The summed E-state index contributed by atoms with van der Waals surface area (Å²) in [5.41, 5.74) is 0. The fourth-order valence-corrected chi connectivity index (χ4v) is 1.46. The molecule has 1 heterocycles. The third-order valence-electron chi connectivity index (χ3n) is 2.17. The van der Waals surface area contributed by atoms with Crippen LogP contribution < -0.4 is 0 Å². The van der Waals surface area contributed by atoms with Crippen molar-refractivity contribution in [1.29, 1.82) is 0 Å². The first-order chi connectivity index (χ1) is 7.56. The highest BCUT2D eigenvalue weighted by molar-refractivity contribution is 6.27. The first kappa shape index (κ1) is 12.8. The summed E-state index contributed by atoms with van der Waals surface area (Å²) in [5, 5.41) is 0. The lowest BCUT2D eigenvalue weighted by Crippen LogP contribution is -2.41. The standard InChI is InChI=1S/C11H14ClNO3/c1-8(2)13(11(15)6-12)7-9(14)10-4-3-5-16-10/h3-5,8H,6-7H2,1-2H3. The number of carbonyl (C=O) groups excluding carboxylic acids is 2. The number of carbonyl (C=O) groups is 2. The van der Waals surface area contributed by atoms with Gasteiger partial charge in [-0.3, -0.25) is 9.59 Å². The largest absolute Gasteiger partial charge is 0.461 e. The number of ketones is 1. The zero-order valence-electron chi connectivity index (χ0n) is 9.27. The molecular formula is C11H14ClNO3. The highest BCUT2D eigenvalue weighted by Crippen LogP contribution is 2.06. The Bertz CT molecular complexity index is 359. The van der Waals surface area contributed by atoms with Crippen molar-refractivity contribution >= 4 is 23.3 Å². The zero-order chi connectivity index (χ0) is 12.1. The van der Waals surface area contributed by atoms with Gasteiger partial charge < -0.3 is 9.32 Å². The molecule has 0 aliphatic heterocycles. The number of hydrogen-bond donors (Lipinski definition) is 0. The Morgan fingerprint density at radius 3 is 2.62 bits per heavy atom. The SMILES string of the molecule is CC(C)N(CC(=O)c1ccco1)C(=O)CCl. The lowest BCUT2D eigenvalue weighted by Gasteiger charge is -2.24. The maximum Gasteiger partial charge on any atom is 0.238 e. The molecule has 0 saturated heterocycles. The minimum Gasteiger partial charge on any atom is -0.461 e. The van der Waals surface area contributed by atoms with E-state index in [4.69, 9.17) is 16.0 Å². The van der Waals surface area contributed by atoms with E-state index in [1.165, 1.54) is 11.2 Å². The molecule has 5 heteroatoms. The maximum atomic E-state index is 11.7. The zero-order valence-corrected chi connectivity index (χ0v) is 10.0. The lowest BCUT2D eigenvalue weighted by molar-refractivity contribution is -0.129. The summed E-state index contributed by atoms with van der Waals surface area (Å²) in [5.74, 6) is -0.342. The lowest BCUT2D eigenvalue weighted by atomic mass is 10.2. The number of hydrogen-bond acceptors (Lipinski definition) is 3. The van der Waals surface area contributed by atoms with Crippen LogP contribution in [0.2, 0.25) is 0 Å². The highest BCUT2D eigenvalue weighted by Gasteiger charge is 2.21. The first-order valence-corrected chi connectivity index (χ1v) is 5.52. The minimum absolute atomic E-state index is 0.00324. The molecule has 0 atom stereocenters. The van der Waals surface area contributed by atoms with Crippen LogP contribution in [0.25, 0.3) is 0 Å². The molecule has 16 heavy (non-hydrogen) atoms. The van der Waals surface area contributed by atoms with Crippen LogP contribution in [0.4, 0.5) is 0 Å². The summed E-state index contributed by atoms with van der Waals surface area (Å²) in [7, 11) is 0. The van der Waals surface area contributed by atoms with E-state index in [1.54, 1.807) is 12.1 Å². The number of alkyl halides is 1. The molecule has 0 fully saturated rings. The number of furan rings is 1. The summed E-state index contributed by atoms with van der Waals surface area (Å²) >= 11 is 5.47. The Morgan fingerprint density at radius 2 is 2.19 bits per heavy atom. The van der Waals surface area contributed by atoms with E-state index >= 15 is 0 Å². The van der Waals surface area contributed by atoms with Gasteiger partial charge in [0.2, 0.25) is 11.7 Å². The van der Waals surface area contributed by atoms with E-state index in [1.807, 2.05) is 13.8 Å². The van der Waals surface area contributed by atoms with Crippen molar-refractivity contribution in [2.75, 3.05) is 12.4 Å². The average molecular weight is 244 g/mol. The predicted octanol–water partition coefficient (Wildman–Crippen LogP) is 1.94. The monoisotopic (exact) mass is 243 g/mol. The van der Waals surface area contributed by atoms with Gasteiger partial charge in [-0.25, -0.2) is 0 Å². The molecule has 0 aliphatic rings. The number of rotatable bonds is 5. The second kappa shape index (κ2) is 5.70. The van der Waals surface area contributed by atoms with Gasteiger partial charge in [0, 0.05) is 6.04 Å². The Morgan fingerprint density at radius 1 is 1.50 bits per heavy atom.